The number of ketones is 1. The molecule has 0 spiro atoms. The Morgan fingerprint density at radius 2 is 1.52 bits per heavy atom. The van der Waals surface area contributed by atoms with Crippen LogP contribution in [0.3, 0.4) is 0 Å². The number of hydrogen-bond acceptors (Lipinski definition) is 3. The van der Waals surface area contributed by atoms with E-state index in [0.29, 0.717) is 28.7 Å². The molecule has 0 fully saturated rings. The average Bonchev–Trinajstić information content (AvgIpc) is 2.75. The Bertz CT molecular complexity index is 1140. The van der Waals surface area contributed by atoms with Crippen LogP contribution in [0.25, 0.3) is 0 Å². The molecule has 0 aromatic heterocycles. The number of aryl methyl sites for hydroxylation is 1. The first kappa shape index (κ1) is 22.0. The molecule has 0 aliphatic rings. The maximum Gasteiger partial charge on any atom is 0.335 e. The second kappa shape index (κ2) is 9.43. The van der Waals surface area contributed by atoms with E-state index in [0.717, 1.165) is 17.5 Å². The molecule has 0 aliphatic carbocycles. The summed E-state index contributed by atoms with van der Waals surface area (Å²) in [6.07, 6.45) is 1.43. The van der Waals surface area contributed by atoms with Crippen LogP contribution in [-0.2, 0) is 6.42 Å². The van der Waals surface area contributed by atoms with Crippen molar-refractivity contribution < 1.29 is 19.5 Å². The van der Waals surface area contributed by atoms with Crippen molar-refractivity contribution in [2.75, 3.05) is 5.32 Å². The predicted octanol–water partition coefficient (Wildman–Crippen LogP) is 3.92. The van der Waals surface area contributed by atoms with E-state index in [2.05, 4.69) is 5.32 Å². The summed E-state index contributed by atoms with van der Waals surface area (Å²) in [6, 6.07) is 16.2. The van der Waals surface area contributed by atoms with E-state index >= 15 is 0 Å². The summed E-state index contributed by atoms with van der Waals surface area (Å²) in [4.78, 5) is 37.0. The van der Waals surface area contributed by atoms with Gasteiger partial charge in [0.1, 0.15) is 7.85 Å². The molecule has 0 heterocycles. The minimum absolute atomic E-state index is 0.122. The third-order valence-electron chi connectivity index (χ3n) is 4.99. The van der Waals surface area contributed by atoms with Crippen LogP contribution in [0.15, 0.2) is 60.7 Å². The lowest BCUT2D eigenvalue weighted by Crippen LogP contribution is -2.22. The van der Waals surface area contributed by atoms with Crippen molar-refractivity contribution >= 4 is 36.7 Å². The molecule has 0 unspecified atom stereocenters. The highest BCUT2D eigenvalue weighted by Crippen LogP contribution is 2.19. The predicted molar refractivity (Wildman–Crippen MR) is 122 cm³/mol. The third kappa shape index (κ3) is 5.09. The van der Waals surface area contributed by atoms with Gasteiger partial charge in [-0.15, -0.1) is 0 Å². The number of amides is 1. The van der Waals surface area contributed by atoms with Gasteiger partial charge in [0.05, 0.1) is 5.56 Å². The fourth-order valence-corrected chi connectivity index (χ4v) is 3.32. The van der Waals surface area contributed by atoms with Gasteiger partial charge in [-0.05, 0) is 49.2 Å². The monoisotopic (exact) mass is 411 g/mol. The van der Waals surface area contributed by atoms with Crippen molar-refractivity contribution in [2.45, 2.75) is 26.7 Å². The summed E-state index contributed by atoms with van der Waals surface area (Å²) in [5, 5.41) is 11.7. The molecule has 0 bridgehead atoms. The molecule has 2 radical (unpaired) electrons. The molecule has 154 valence electrons. The van der Waals surface area contributed by atoms with Gasteiger partial charge in [0, 0.05) is 22.4 Å². The molecule has 1 amide bonds. The summed E-state index contributed by atoms with van der Waals surface area (Å²) in [5.41, 5.74) is 3.94. The van der Waals surface area contributed by atoms with Crippen molar-refractivity contribution in [3.63, 3.8) is 0 Å². The first-order valence-electron chi connectivity index (χ1n) is 9.98. The normalized spacial score (nSPS) is 10.5. The van der Waals surface area contributed by atoms with Gasteiger partial charge in [0.2, 0.25) is 0 Å². The van der Waals surface area contributed by atoms with Gasteiger partial charge in [-0.2, -0.15) is 0 Å². The minimum Gasteiger partial charge on any atom is -0.478 e. The largest absolute Gasteiger partial charge is 0.478 e. The van der Waals surface area contributed by atoms with Crippen LogP contribution in [0.4, 0.5) is 5.69 Å². The van der Waals surface area contributed by atoms with Crippen LogP contribution in [0.5, 0.6) is 0 Å². The fourth-order valence-electron chi connectivity index (χ4n) is 3.32. The molecule has 5 nitrogen and oxygen atoms in total. The Balaban J connectivity index is 1.95. The summed E-state index contributed by atoms with van der Waals surface area (Å²) < 4.78 is 0. The molecule has 0 atom stereocenters. The first-order chi connectivity index (χ1) is 14.8. The van der Waals surface area contributed by atoms with E-state index < -0.39 is 11.9 Å². The van der Waals surface area contributed by atoms with Gasteiger partial charge in [0.25, 0.3) is 5.91 Å². The Morgan fingerprint density at radius 3 is 2.10 bits per heavy atom. The highest BCUT2D eigenvalue weighted by molar-refractivity contribution is 6.35. The average molecular weight is 411 g/mol. The molecule has 3 aromatic rings. The highest BCUT2D eigenvalue weighted by atomic mass is 16.4. The zero-order valence-corrected chi connectivity index (χ0v) is 17.4. The molecular weight excluding hydrogens is 389 g/mol. The van der Waals surface area contributed by atoms with Crippen LogP contribution < -0.4 is 10.8 Å². The number of benzene rings is 3. The number of anilines is 1. The van der Waals surface area contributed by atoms with E-state index in [9.17, 15) is 14.4 Å². The molecule has 0 saturated carbocycles. The van der Waals surface area contributed by atoms with Crippen LogP contribution in [0.1, 0.15) is 61.1 Å². The zero-order valence-electron chi connectivity index (χ0n) is 17.4. The van der Waals surface area contributed by atoms with Gasteiger partial charge >= 0.3 is 5.97 Å². The van der Waals surface area contributed by atoms with Crippen molar-refractivity contribution in [1.29, 1.82) is 0 Å². The summed E-state index contributed by atoms with van der Waals surface area (Å²) in [5.74, 6) is -1.66. The van der Waals surface area contributed by atoms with E-state index in [-0.39, 0.29) is 16.9 Å². The quantitative estimate of drug-likeness (QED) is 0.456. The summed E-state index contributed by atoms with van der Waals surface area (Å²) >= 11 is 0. The van der Waals surface area contributed by atoms with E-state index in [1.54, 1.807) is 24.3 Å². The maximum atomic E-state index is 13.2. The lowest BCUT2D eigenvalue weighted by molar-refractivity contribution is 0.0696. The topological polar surface area (TPSA) is 83.5 Å². The van der Waals surface area contributed by atoms with Crippen LogP contribution >= 0.6 is 0 Å². The Kier molecular flexibility index (Phi) is 6.70. The molecule has 0 saturated heterocycles. The summed E-state index contributed by atoms with van der Waals surface area (Å²) in [6.45, 7) is 3.95. The van der Waals surface area contributed by atoms with Crippen molar-refractivity contribution in [1.82, 2.24) is 0 Å². The Labute approximate surface area is 182 Å². The number of carboxylic acid groups (broad SMARTS) is 1. The van der Waals surface area contributed by atoms with Crippen LogP contribution in [0.2, 0.25) is 0 Å². The van der Waals surface area contributed by atoms with Crippen molar-refractivity contribution in [2.24, 2.45) is 0 Å². The Morgan fingerprint density at radius 1 is 0.903 bits per heavy atom. The number of aromatic carboxylic acids is 1. The Hall–Kier alpha value is -3.67. The fraction of sp³-hybridized carbons (Fsp3) is 0.160. The molecular formula is C25H22BNO4. The standard InChI is InChI=1S/C25H22BNO4/c1-3-4-20-21(23(28)16-7-5-15(2)6-8-16)13-18(14-22(20)26)24(29)27-19-11-9-17(10-12-19)25(30)31/h5-14H,3-4H2,1-2H3,(H,27,29)(H,30,31). The number of rotatable bonds is 7. The van der Waals surface area contributed by atoms with Gasteiger partial charge in [-0.25, -0.2) is 4.79 Å². The smallest absolute Gasteiger partial charge is 0.335 e. The van der Waals surface area contributed by atoms with Gasteiger partial charge in [-0.3, -0.25) is 9.59 Å². The molecule has 3 rings (SSSR count). The van der Waals surface area contributed by atoms with E-state index in [1.807, 2.05) is 26.0 Å². The summed E-state index contributed by atoms with van der Waals surface area (Å²) in [7, 11) is 6.24. The molecule has 0 aliphatic heterocycles. The number of carbonyl (C=O) groups is 3. The number of carboxylic acids is 1. The molecule has 3 aromatic carbocycles. The van der Waals surface area contributed by atoms with Crippen LogP contribution in [0, 0.1) is 6.92 Å². The van der Waals surface area contributed by atoms with Gasteiger partial charge < -0.3 is 10.4 Å². The molecule has 2 N–H and O–H groups in total. The lowest BCUT2D eigenvalue weighted by Gasteiger charge is -2.15. The SMILES string of the molecule is [B]c1cc(C(=O)Nc2ccc(C(=O)O)cc2)cc(C(=O)c2ccc(C)cc2)c1CCC. The second-order valence-electron chi connectivity index (χ2n) is 7.37. The number of carbonyl (C=O) groups excluding carboxylic acids is 2. The van der Waals surface area contributed by atoms with Gasteiger partial charge in [0.15, 0.2) is 5.78 Å². The van der Waals surface area contributed by atoms with E-state index in [4.69, 9.17) is 13.0 Å². The second-order valence-corrected chi connectivity index (χ2v) is 7.37. The van der Waals surface area contributed by atoms with E-state index in [1.165, 1.54) is 24.3 Å². The lowest BCUT2D eigenvalue weighted by atomic mass is 9.81. The van der Waals surface area contributed by atoms with Crippen molar-refractivity contribution in [3.8, 4) is 0 Å². The minimum atomic E-state index is -1.04. The van der Waals surface area contributed by atoms with Crippen molar-refractivity contribution in [3.05, 3.63) is 94.0 Å². The highest BCUT2D eigenvalue weighted by Gasteiger charge is 2.19. The zero-order chi connectivity index (χ0) is 22.5. The number of hydrogen-bond donors (Lipinski definition) is 2. The molecule has 6 heteroatoms. The van der Waals surface area contributed by atoms with Gasteiger partial charge in [-0.1, -0.05) is 54.7 Å². The third-order valence-corrected chi connectivity index (χ3v) is 4.99. The maximum absolute atomic E-state index is 13.2. The first-order valence-corrected chi connectivity index (χ1v) is 9.98. The number of nitrogens with one attached hydrogen (secondary N) is 1. The van der Waals surface area contributed by atoms with Crippen LogP contribution in [-0.4, -0.2) is 30.6 Å². The molecule has 31 heavy (non-hydrogen) atoms.